The van der Waals surface area contributed by atoms with Crippen molar-refractivity contribution >= 4 is 10.0 Å². The van der Waals surface area contributed by atoms with Gasteiger partial charge < -0.3 is 10.5 Å². The molecule has 0 aliphatic carbocycles. The van der Waals surface area contributed by atoms with E-state index in [0.29, 0.717) is 25.2 Å². The van der Waals surface area contributed by atoms with Crippen molar-refractivity contribution in [3.8, 4) is 0 Å². The summed E-state index contributed by atoms with van der Waals surface area (Å²) in [6, 6.07) is 3.75. The Balaban J connectivity index is 2.38. The lowest BCUT2D eigenvalue weighted by molar-refractivity contribution is 0.0313. The normalized spacial score (nSPS) is 21.1. The van der Waals surface area contributed by atoms with E-state index in [1.807, 2.05) is 6.92 Å². The topological polar surface area (TPSA) is 72.6 Å². The van der Waals surface area contributed by atoms with Crippen LogP contribution in [0, 0.1) is 5.82 Å². The lowest BCUT2D eigenvalue weighted by Gasteiger charge is -2.34. The molecule has 0 aromatic heterocycles. The van der Waals surface area contributed by atoms with Crippen molar-refractivity contribution in [3.05, 3.63) is 29.6 Å². The van der Waals surface area contributed by atoms with E-state index in [1.165, 1.54) is 22.5 Å². The first-order valence-corrected chi connectivity index (χ1v) is 8.02. The second kappa shape index (κ2) is 6.17. The molecule has 7 heteroatoms. The number of nitrogens with two attached hydrogens (primary N) is 1. The van der Waals surface area contributed by atoms with Crippen molar-refractivity contribution in [2.75, 3.05) is 19.8 Å². The number of hydrogen-bond acceptors (Lipinski definition) is 4. The monoisotopic (exact) mass is 302 g/mol. The molecule has 1 aliphatic rings. The van der Waals surface area contributed by atoms with Gasteiger partial charge in [-0.1, -0.05) is 13.0 Å². The van der Waals surface area contributed by atoms with Gasteiger partial charge in [-0.25, -0.2) is 12.8 Å². The Morgan fingerprint density at radius 2 is 2.25 bits per heavy atom. The van der Waals surface area contributed by atoms with Gasteiger partial charge in [0.1, 0.15) is 10.7 Å². The Kier molecular flexibility index (Phi) is 4.74. The third-order valence-corrected chi connectivity index (χ3v) is 5.45. The summed E-state index contributed by atoms with van der Waals surface area (Å²) in [6.45, 7) is 2.98. The van der Waals surface area contributed by atoms with Crippen LogP contribution in [0.2, 0.25) is 0 Å². The maximum absolute atomic E-state index is 14.0. The molecule has 1 fully saturated rings. The minimum atomic E-state index is -3.84. The van der Waals surface area contributed by atoms with E-state index >= 15 is 0 Å². The van der Waals surface area contributed by atoms with Crippen molar-refractivity contribution in [2.45, 2.75) is 30.8 Å². The van der Waals surface area contributed by atoms with Crippen LogP contribution >= 0.6 is 0 Å². The molecule has 20 heavy (non-hydrogen) atoms. The van der Waals surface area contributed by atoms with E-state index in [4.69, 9.17) is 10.5 Å². The van der Waals surface area contributed by atoms with Crippen LogP contribution in [0.25, 0.3) is 0 Å². The second-order valence-electron chi connectivity index (χ2n) is 4.72. The first kappa shape index (κ1) is 15.4. The number of rotatable bonds is 4. The third kappa shape index (κ3) is 2.85. The van der Waals surface area contributed by atoms with E-state index in [-0.39, 0.29) is 24.0 Å². The first-order chi connectivity index (χ1) is 9.50. The summed E-state index contributed by atoms with van der Waals surface area (Å²) in [5.41, 5.74) is 5.99. The minimum Gasteiger partial charge on any atom is -0.378 e. The predicted molar refractivity (Wildman–Crippen MR) is 73.1 cm³/mol. The smallest absolute Gasteiger partial charge is 0.246 e. The summed E-state index contributed by atoms with van der Waals surface area (Å²) in [7, 11) is -3.84. The summed E-state index contributed by atoms with van der Waals surface area (Å²) >= 11 is 0. The van der Waals surface area contributed by atoms with Gasteiger partial charge in [-0.2, -0.15) is 4.31 Å². The van der Waals surface area contributed by atoms with Gasteiger partial charge in [-0.3, -0.25) is 0 Å². The molecule has 1 unspecified atom stereocenters. The van der Waals surface area contributed by atoms with Gasteiger partial charge in [0.15, 0.2) is 0 Å². The summed E-state index contributed by atoms with van der Waals surface area (Å²) in [4.78, 5) is -0.296. The Labute approximate surface area is 118 Å². The molecule has 1 aromatic carbocycles. The van der Waals surface area contributed by atoms with Crippen molar-refractivity contribution in [1.29, 1.82) is 0 Å². The van der Waals surface area contributed by atoms with Gasteiger partial charge in [0.2, 0.25) is 10.0 Å². The fourth-order valence-electron chi connectivity index (χ4n) is 2.28. The molecule has 2 rings (SSSR count). The first-order valence-electron chi connectivity index (χ1n) is 6.58. The van der Waals surface area contributed by atoms with Crippen LogP contribution in [-0.2, 0) is 21.3 Å². The molecule has 0 radical (unpaired) electrons. The number of hydrogen-bond donors (Lipinski definition) is 1. The Morgan fingerprint density at radius 1 is 1.50 bits per heavy atom. The Morgan fingerprint density at radius 3 is 2.85 bits per heavy atom. The molecular weight excluding hydrogens is 283 g/mol. The van der Waals surface area contributed by atoms with Crippen LogP contribution in [0.15, 0.2) is 23.1 Å². The van der Waals surface area contributed by atoms with Crippen molar-refractivity contribution in [2.24, 2.45) is 5.73 Å². The average molecular weight is 302 g/mol. The predicted octanol–water partition coefficient (Wildman–Crippen LogP) is 1.08. The molecule has 1 aliphatic heterocycles. The molecule has 1 atom stereocenters. The standard InChI is InChI=1S/C13H19FN2O3S/c1-2-11-9-19-6-5-16(11)20(17,18)13-4-3-10(8-15)7-12(13)14/h3-4,7,11H,2,5-6,8-9,15H2,1H3. The van der Waals surface area contributed by atoms with Gasteiger partial charge in [-0.15, -0.1) is 0 Å². The van der Waals surface area contributed by atoms with Crippen LogP contribution < -0.4 is 5.73 Å². The molecule has 1 heterocycles. The van der Waals surface area contributed by atoms with E-state index in [1.54, 1.807) is 0 Å². The van der Waals surface area contributed by atoms with Gasteiger partial charge in [0.25, 0.3) is 0 Å². The van der Waals surface area contributed by atoms with Crippen molar-refractivity contribution in [3.63, 3.8) is 0 Å². The number of sulfonamides is 1. The highest BCUT2D eigenvalue weighted by atomic mass is 32.2. The number of halogens is 1. The van der Waals surface area contributed by atoms with Crippen molar-refractivity contribution < 1.29 is 17.5 Å². The number of benzene rings is 1. The maximum Gasteiger partial charge on any atom is 0.246 e. The zero-order chi connectivity index (χ0) is 14.8. The second-order valence-corrected chi connectivity index (χ2v) is 6.58. The van der Waals surface area contributed by atoms with Crippen LogP contribution in [0.3, 0.4) is 0 Å². The third-order valence-electron chi connectivity index (χ3n) is 3.46. The van der Waals surface area contributed by atoms with E-state index in [2.05, 4.69) is 0 Å². The molecular formula is C13H19FN2O3S. The Hall–Kier alpha value is -1.02. The highest BCUT2D eigenvalue weighted by molar-refractivity contribution is 7.89. The molecule has 0 spiro atoms. The fraction of sp³-hybridized carbons (Fsp3) is 0.538. The maximum atomic E-state index is 14.0. The number of nitrogens with zero attached hydrogens (tertiary/aromatic N) is 1. The number of ether oxygens (including phenoxy) is 1. The van der Waals surface area contributed by atoms with Gasteiger partial charge >= 0.3 is 0 Å². The summed E-state index contributed by atoms with van der Waals surface area (Å²) in [5.74, 6) is -0.755. The lowest BCUT2D eigenvalue weighted by Crippen LogP contribution is -2.48. The quantitative estimate of drug-likeness (QED) is 0.903. The minimum absolute atomic E-state index is 0.173. The van der Waals surface area contributed by atoms with Crippen LogP contribution in [0.5, 0.6) is 0 Å². The molecule has 1 saturated heterocycles. The van der Waals surface area contributed by atoms with Crippen LogP contribution in [-0.4, -0.2) is 38.5 Å². The van der Waals surface area contributed by atoms with Crippen LogP contribution in [0.4, 0.5) is 4.39 Å². The molecule has 0 saturated carbocycles. The summed E-state index contributed by atoms with van der Waals surface area (Å²) < 4.78 is 45.8. The van der Waals surface area contributed by atoms with Crippen LogP contribution in [0.1, 0.15) is 18.9 Å². The van der Waals surface area contributed by atoms with E-state index in [0.717, 1.165) is 0 Å². The lowest BCUT2D eigenvalue weighted by atomic mass is 10.2. The SMILES string of the molecule is CCC1COCCN1S(=O)(=O)c1ccc(CN)cc1F. The fourth-order valence-corrected chi connectivity index (χ4v) is 4.00. The largest absolute Gasteiger partial charge is 0.378 e. The molecule has 1 aromatic rings. The van der Waals surface area contributed by atoms with Gasteiger partial charge in [0, 0.05) is 19.1 Å². The van der Waals surface area contributed by atoms with Gasteiger partial charge in [0.05, 0.1) is 13.2 Å². The zero-order valence-corrected chi connectivity index (χ0v) is 12.2. The highest BCUT2D eigenvalue weighted by Crippen LogP contribution is 2.24. The summed E-state index contributed by atoms with van der Waals surface area (Å²) in [6.07, 6.45) is 0.627. The molecule has 2 N–H and O–H groups in total. The summed E-state index contributed by atoms with van der Waals surface area (Å²) in [5, 5.41) is 0. The average Bonchev–Trinajstić information content (AvgIpc) is 2.46. The van der Waals surface area contributed by atoms with Crippen molar-refractivity contribution in [1.82, 2.24) is 4.31 Å². The van der Waals surface area contributed by atoms with Gasteiger partial charge in [-0.05, 0) is 24.1 Å². The molecule has 0 amide bonds. The zero-order valence-electron chi connectivity index (χ0n) is 11.4. The highest BCUT2D eigenvalue weighted by Gasteiger charge is 2.34. The Bertz CT molecular complexity index is 577. The molecule has 5 nitrogen and oxygen atoms in total. The van der Waals surface area contributed by atoms with E-state index in [9.17, 15) is 12.8 Å². The number of morpholine rings is 1. The molecule has 112 valence electrons. The van der Waals surface area contributed by atoms with E-state index < -0.39 is 15.8 Å². The molecule has 0 bridgehead atoms.